The third-order valence-electron chi connectivity index (χ3n) is 4.89. The summed E-state index contributed by atoms with van der Waals surface area (Å²) in [4.78, 5) is 23.5. The molecule has 0 saturated carbocycles. The molecule has 1 heterocycles. The third kappa shape index (κ3) is 4.73. The highest BCUT2D eigenvalue weighted by Gasteiger charge is 2.32. The van der Waals surface area contributed by atoms with Crippen LogP contribution in [0.4, 0.5) is 9.57 Å². The molecule has 0 bridgehead atoms. The summed E-state index contributed by atoms with van der Waals surface area (Å²) in [6, 6.07) is 8.11. The molecule has 0 aliphatic carbocycles. The van der Waals surface area contributed by atoms with Gasteiger partial charge in [-0.15, -0.1) is 3.89 Å². The zero-order valence-corrected chi connectivity index (χ0v) is 17.9. The molecule has 1 saturated heterocycles. The van der Waals surface area contributed by atoms with Crippen molar-refractivity contribution in [2.75, 3.05) is 26.2 Å². The second-order valence-electron chi connectivity index (χ2n) is 6.87. The number of benzene rings is 2. The zero-order chi connectivity index (χ0) is 23.0. The van der Waals surface area contributed by atoms with Gasteiger partial charge in [0.05, 0.1) is 14.7 Å². The highest BCUT2D eigenvalue weighted by atomic mass is 32.3. The minimum atomic E-state index is -4.97. The maximum atomic E-state index is 13.2. The molecule has 0 N–H and O–H groups in total. The number of nitrogens with zero attached hydrogens (tertiary/aromatic N) is 3. The van der Waals surface area contributed by atoms with E-state index in [2.05, 4.69) is 0 Å². The summed E-state index contributed by atoms with van der Waals surface area (Å²) in [6.07, 6.45) is 0. The number of piperazine rings is 1. The van der Waals surface area contributed by atoms with E-state index in [9.17, 15) is 35.6 Å². The first kappa shape index (κ1) is 22.8. The number of rotatable bonds is 5. The van der Waals surface area contributed by atoms with Crippen molar-refractivity contribution in [3.05, 3.63) is 63.7 Å². The number of nitro groups is 1. The predicted octanol–water partition coefficient (Wildman–Crippen LogP) is 1.71. The lowest BCUT2D eigenvalue weighted by atomic mass is 10.2. The van der Waals surface area contributed by atoms with Crippen molar-refractivity contribution in [2.45, 2.75) is 16.7 Å². The molecule has 1 aliphatic heterocycles. The largest absolute Gasteiger partial charge is 0.336 e. The number of hydrogen-bond acceptors (Lipinski definition) is 7. The molecule has 1 fully saturated rings. The standard InChI is InChI=1S/C18H18FN3O7S2/c1-13-5-6-15(22(24)25)12-17(13)31(28,29)21-9-7-20(8-10-21)18(23)14-3-2-4-16(11-14)30(19,26)27/h2-6,11-12H,7-10H2,1H3. The molecule has 31 heavy (non-hydrogen) atoms. The van der Waals surface area contributed by atoms with Crippen LogP contribution in [0.25, 0.3) is 0 Å². The molecule has 0 aromatic heterocycles. The Morgan fingerprint density at radius 1 is 1.03 bits per heavy atom. The molecule has 0 radical (unpaired) electrons. The first-order valence-electron chi connectivity index (χ1n) is 9.00. The predicted molar refractivity (Wildman–Crippen MR) is 107 cm³/mol. The first-order chi connectivity index (χ1) is 14.4. The molecule has 13 heteroatoms. The van der Waals surface area contributed by atoms with Gasteiger partial charge in [0, 0.05) is 43.9 Å². The van der Waals surface area contributed by atoms with E-state index in [1.54, 1.807) is 0 Å². The average molecular weight is 471 g/mol. The lowest BCUT2D eigenvalue weighted by Gasteiger charge is -2.34. The van der Waals surface area contributed by atoms with Crippen LogP contribution in [0.3, 0.4) is 0 Å². The second kappa shape index (κ2) is 8.32. The summed E-state index contributed by atoms with van der Waals surface area (Å²) in [5, 5.41) is 11.0. The molecule has 166 valence electrons. The number of nitro benzene ring substituents is 1. The Labute approximate surface area is 178 Å². The summed E-state index contributed by atoms with van der Waals surface area (Å²) in [5.74, 6) is -0.561. The molecule has 2 aromatic carbocycles. The van der Waals surface area contributed by atoms with Gasteiger partial charge in [-0.05, 0) is 30.7 Å². The zero-order valence-electron chi connectivity index (χ0n) is 16.3. The quantitative estimate of drug-likeness (QED) is 0.368. The lowest BCUT2D eigenvalue weighted by Crippen LogP contribution is -2.50. The fourth-order valence-electron chi connectivity index (χ4n) is 3.21. The number of halogens is 1. The Morgan fingerprint density at radius 3 is 2.26 bits per heavy atom. The van der Waals surface area contributed by atoms with Crippen LogP contribution >= 0.6 is 0 Å². The fraction of sp³-hybridized carbons (Fsp3) is 0.278. The van der Waals surface area contributed by atoms with Gasteiger partial charge in [-0.2, -0.15) is 12.7 Å². The number of hydrogen-bond donors (Lipinski definition) is 0. The van der Waals surface area contributed by atoms with Crippen molar-refractivity contribution in [3.63, 3.8) is 0 Å². The van der Waals surface area contributed by atoms with Crippen LogP contribution in [0.5, 0.6) is 0 Å². The Bertz CT molecular complexity index is 1250. The molecule has 2 aromatic rings. The van der Waals surface area contributed by atoms with Gasteiger partial charge in [0.25, 0.3) is 11.6 Å². The Balaban J connectivity index is 1.77. The van der Waals surface area contributed by atoms with Crippen LogP contribution in [0.1, 0.15) is 15.9 Å². The number of non-ortho nitro benzene ring substituents is 1. The number of aryl methyl sites for hydroxylation is 1. The Kier molecular flexibility index (Phi) is 6.11. The van der Waals surface area contributed by atoms with E-state index in [1.807, 2.05) is 0 Å². The number of carbonyl (C=O) groups is 1. The highest BCUT2D eigenvalue weighted by Crippen LogP contribution is 2.26. The van der Waals surface area contributed by atoms with E-state index >= 15 is 0 Å². The number of carbonyl (C=O) groups excluding carboxylic acids is 1. The fourth-order valence-corrected chi connectivity index (χ4v) is 5.39. The van der Waals surface area contributed by atoms with Crippen LogP contribution in [0.15, 0.2) is 52.3 Å². The van der Waals surface area contributed by atoms with Crippen LogP contribution < -0.4 is 0 Å². The SMILES string of the molecule is Cc1ccc([N+](=O)[O-])cc1S(=O)(=O)N1CCN(C(=O)c2cccc(S(=O)(=O)F)c2)CC1. The molecular formula is C18H18FN3O7S2. The normalized spacial score (nSPS) is 15.6. The average Bonchev–Trinajstić information content (AvgIpc) is 2.72. The monoisotopic (exact) mass is 471 g/mol. The van der Waals surface area contributed by atoms with Gasteiger partial charge in [0.15, 0.2) is 0 Å². The minimum Gasteiger partial charge on any atom is -0.336 e. The first-order valence-corrected chi connectivity index (χ1v) is 11.8. The maximum absolute atomic E-state index is 13.2. The van der Waals surface area contributed by atoms with E-state index in [0.29, 0.717) is 5.56 Å². The van der Waals surface area contributed by atoms with Crippen molar-refractivity contribution in [3.8, 4) is 0 Å². The third-order valence-corrected chi connectivity index (χ3v) is 7.75. The minimum absolute atomic E-state index is 0.0125. The second-order valence-corrected chi connectivity index (χ2v) is 10.1. The van der Waals surface area contributed by atoms with Crippen molar-refractivity contribution in [1.82, 2.24) is 9.21 Å². The molecule has 1 aliphatic rings. The lowest BCUT2D eigenvalue weighted by molar-refractivity contribution is -0.385. The van der Waals surface area contributed by atoms with Crippen LogP contribution in [0.2, 0.25) is 0 Å². The molecule has 3 rings (SSSR count). The summed E-state index contributed by atoms with van der Waals surface area (Å²) < 4.78 is 62.4. The van der Waals surface area contributed by atoms with Crippen LogP contribution in [-0.2, 0) is 20.2 Å². The Hall–Kier alpha value is -2.90. The van der Waals surface area contributed by atoms with E-state index in [4.69, 9.17) is 0 Å². The van der Waals surface area contributed by atoms with Gasteiger partial charge in [-0.1, -0.05) is 12.1 Å². The van der Waals surface area contributed by atoms with Gasteiger partial charge in [-0.25, -0.2) is 8.42 Å². The number of sulfonamides is 1. The van der Waals surface area contributed by atoms with Crippen molar-refractivity contribution >= 4 is 31.8 Å². The molecule has 0 unspecified atom stereocenters. The highest BCUT2D eigenvalue weighted by molar-refractivity contribution is 7.89. The summed E-state index contributed by atoms with van der Waals surface area (Å²) in [7, 11) is -8.99. The molecule has 10 nitrogen and oxygen atoms in total. The van der Waals surface area contributed by atoms with Gasteiger partial charge in [-0.3, -0.25) is 14.9 Å². The van der Waals surface area contributed by atoms with E-state index in [1.165, 1.54) is 36.1 Å². The van der Waals surface area contributed by atoms with E-state index in [0.717, 1.165) is 22.5 Å². The summed E-state index contributed by atoms with van der Waals surface area (Å²) in [5.41, 5.74) is -0.0291. The summed E-state index contributed by atoms with van der Waals surface area (Å²) >= 11 is 0. The summed E-state index contributed by atoms with van der Waals surface area (Å²) in [6.45, 7) is 1.44. The number of amides is 1. The van der Waals surface area contributed by atoms with Crippen molar-refractivity contribution < 1.29 is 30.4 Å². The molecule has 1 amide bonds. The van der Waals surface area contributed by atoms with E-state index in [-0.39, 0.29) is 42.3 Å². The smallest absolute Gasteiger partial charge is 0.332 e. The van der Waals surface area contributed by atoms with Gasteiger partial charge in [0.2, 0.25) is 10.0 Å². The molecule has 0 spiro atoms. The van der Waals surface area contributed by atoms with Gasteiger partial charge >= 0.3 is 10.2 Å². The van der Waals surface area contributed by atoms with Crippen LogP contribution in [-0.4, -0.2) is 63.1 Å². The van der Waals surface area contributed by atoms with Gasteiger partial charge in [0.1, 0.15) is 0 Å². The molecule has 0 atom stereocenters. The Morgan fingerprint density at radius 2 is 1.68 bits per heavy atom. The molecular weight excluding hydrogens is 453 g/mol. The van der Waals surface area contributed by atoms with Gasteiger partial charge < -0.3 is 4.90 Å². The van der Waals surface area contributed by atoms with Crippen molar-refractivity contribution in [1.29, 1.82) is 0 Å². The topological polar surface area (TPSA) is 135 Å². The van der Waals surface area contributed by atoms with Crippen LogP contribution in [0, 0.1) is 17.0 Å². The van der Waals surface area contributed by atoms with E-state index < -0.39 is 36.0 Å². The van der Waals surface area contributed by atoms with Crippen molar-refractivity contribution in [2.24, 2.45) is 0 Å². The maximum Gasteiger partial charge on any atom is 0.332 e.